The first-order chi connectivity index (χ1) is 13.5. The minimum atomic E-state index is -0.620. The van der Waals surface area contributed by atoms with Gasteiger partial charge in [0, 0.05) is 24.2 Å². The SMILES string of the molecule is CCC[C@@H]1N(C(=O)CCc2c(C)noc2C)CC[C@]12C(=O)Nc1ccccc12. The van der Waals surface area contributed by atoms with Gasteiger partial charge in [0.1, 0.15) is 5.76 Å². The zero-order valence-electron chi connectivity index (χ0n) is 16.7. The lowest BCUT2D eigenvalue weighted by atomic mass is 9.73. The van der Waals surface area contributed by atoms with E-state index in [-0.39, 0.29) is 17.9 Å². The van der Waals surface area contributed by atoms with Gasteiger partial charge in [-0.3, -0.25) is 9.59 Å². The summed E-state index contributed by atoms with van der Waals surface area (Å²) >= 11 is 0. The molecule has 1 aromatic heterocycles. The van der Waals surface area contributed by atoms with Crippen LogP contribution in [0.5, 0.6) is 0 Å². The van der Waals surface area contributed by atoms with Crippen LogP contribution in [0.3, 0.4) is 0 Å². The molecule has 0 unspecified atom stereocenters. The lowest BCUT2D eigenvalue weighted by Crippen LogP contribution is -2.48. The van der Waals surface area contributed by atoms with Crippen LogP contribution in [0.15, 0.2) is 28.8 Å². The van der Waals surface area contributed by atoms with E-state index >= 15 is 0 Å². The lowest BCUT2D eigenvalue weighted by molar-refractivity contribution is -0.133. The maximum absolute atomic E-state index is 13.2. The van der Waals surface area contributed by atoms with Gasteiger partial charge in [-0.1, -0.05) is 36.7 Å². The molecule has 3 heterocycles. The number of amides is 2. The van der Waals surface area contributed by atoms with Crippen LogP contribution in [0, 0.1) is 13.8 Å². The molecule has 2 aromatic rings. The van der Waals surface area contributed by atoms with Crippen molar-refractivity contribution in [1.29, 1.82) is 0 Å². The number of carbonyl (C=O) groups is 2. The number of aryl methyl sites for hydroxylation is 2. The molecule has 148 valence electrons. The third-order valence-corrected chi connectivity index (χ3v) is 6.41. The first kappa shape index (κ1) is 18.7. The van der Waals surface area contributed by atoms with Crippen LogP contribution in [0.2, 0.25) is 0 Å². The highest BCUT2D eigenvalue weighted by Gasteiger charge is 2.58. The summed E-state index contributed by atoms with van der Waals surface area (Å²) in [5.41, 5.74) is 3.17. The molecule has 6 nitrogen and oxygen atoms in total. The van der Waals surface area contributed by atoms with Gasteiger partial charge in [0.05, 0.1) is 17.2 Å². The van der Waals surface area contributed by atoms with Crippen LogP contribution in [-0.4, -0.2) is 34.5 Å². The largest absolute Gasteiger partial charge is 0.361 e. The van der Waals surface area contributed by atoms with Crippen molar-refractivity contribution in [3.8, 4) is 0 Å². The number of likely N-dealkylation sites (tertiary alicyclic amines) is 1. The molecule has 0 radical (unpaired) electrons. The molecule has 0 saturated carbocycles. The average molecular weight is 381 g/mol. The van der Waals surface area contributed by atoms with E-state index in [1.54, 1.807) is 0 Å². The predicted octanol–water partition coefficient (Wildman–Crippen LogP) is 3.52. The summed E-state index contributed by atoms with van der Waals surface area (Å²) < 4.78 is 5.21. The normalized spacial score (nSPS) is 23.3. The molecule has 2 atom stereocenters. The summed E-state index contributed by atoms with van der Waals surface area (Å²) in [6, 6.07) is 7.80. The van der Waals surface area contributed by atoms with Gasteiger partial charge in [0.15, 0.2) is 0 Å². The highest BCUT2D eigenvalue weighted by Crippen LogP contribution is 2.49. The lowest BCUT2D eigenvalue weighted by Gasteiger charge is -2.34. The number of hydrogen-bond donors (Lipinski definition) is 1. The smallest absolute Gasteiger partial charge is 0.237 e. The third kappa shape index (κ3) is 2.74. The van der Waals surface area contributed by atoms with E-state index in [1.807, 2.05) is 43.0 Å². The number of hydrogen-bond acceptors (Lipinski definition) is 4. The number of rotatable bonds is 5. The fraction of sp³-hybridized carbons (Fsp3) is 0.500. The quantitative estimate of drug-likeness (QED) is 0.860. The summed E-state index contributed by atoms with van der Waals surface area (Å²) in [5, 5.41) is 7.03. The summed E-state index contributed by atoms with van der Waals surface area (Å²) in [6.07, 6.45) is 3.44. The van der Waals surface area contributed by atoms with Crippen LogP contribution in [-0.2, 0) is 21.4 Å². The van der Waals surface area contributed by atoms with E-state index in [2.05, 4.69) is 17.4 Å². The number of nitrogens with zero attached hydrogens (tertiary/aromatic N) is 2. The van der Waals surface area contributed by atoms with Gasteiger partial charge in [-0.2, -0.15) is 0 Å². The van der Waals surface area contributed by atoms with E-state index < -0.39 is 5.41 Å². The van der Waals surface area contributed by atoms with Crippen molar-refractivity contribution in [3.63, 3.8) is 0 Å². The number of para-hydroxylation sites is 1. The molecule has 2 aliphatic heterocycles. The molecule has 1 N–H and O–H groups in total. The van der Waals surface area contributed by atoms with E-state index in [0.29, 0.717) is 25.8 Å². The summed E-state index contributed by atoms with van der Waals surface area (Å²) in [5.74, 6) is 0.915. The van der Waals surface area contributed by atoms with Crippen molar-refractivity contribution in [1.82, 2.24) is 10.1 Å². The number of benzene rings is 1. The highest BCUT2D eigenvalue weighted by molar-refractivity contribution is 6.07. The summed E-state index contributed by atoms with van der Waals surface area (Å²) in [7, 11) is 0. The van der Waals surface area contributed by atoms with Crippen molar-refractivity contribution in [2.45, 2.75) is 64.3 Å². The third-order valence-electron chi connectivity index (χ3n) is 6.41. The number of anilines is 1. The Morgan fingerprint density at radius 1 is 1.36 bits per heavy atom. The van der Waals surface area contributed by atoms with Crippen molar-refractivity contribution < 1.29 is 14.1 Å². The zero-order valence-corrected chi connectivity index (χ0v) is 16.7. The van der Waals surface area contributed by atoms with Crippen molar-refractivity contribution in [2.75, 3.05) is 11.9 Å². The monoisotopic (exact) mass is 381 g/mol. The minimum absolute atomic E-state index is 0.0353. The van der Waals surface area contributed by atoms with Gasteiger partial charge in [-0.15, -0.1) is 0 Å². The summed E-state index contributed by atoms with van der Waals surface area (Å²) in [6.45, 7) is 6.51. The van der Waals surface area contributed by atoms with Gasteiger partial charge < -0.3 is 14.7 Å². The Morgan fingerprint density at radius 3 is 2.86 bits per heavy atom. The Kier molecular flexibility index (Phi) is 4.73. The molecule has 6 heteroatoms. The van der Waals surface area contributed by atoms with Gasteiger partial charge in [0.2, 0.25) is 11.8 Å². The van der Waals surface area contributed by atoms with Gasteiger partial charge in [-0.25, -0.2) is 0 Å². The number of fused-ring (bicyclic) bond motifs is 2. The number of aromatic nitrogens is 1. The maximum Gasteiger partial charge on any atom is 0.237 e. The number of carbonyl (C=O) groups excluding carboxylic acids is 2. The second kappa shape index (κ2) is 7.08. The van der Waals surface area contributed by atoms with Crippen LogP contribution in [0.4, 0.5) is 5.69 Å². The standard InChI is InChI=1S/C22H27N3O3/c1-4-7-19-22(17-8-5-6-9-18(17)23-21(22)27)12-13-25(19)20(26)11-10-16-14(2)24-28-15(16)3/h5-6,8-9,19H,4,7,10-13H2,1-3H3,(H,23,27)/t19-,22+/m0/s1. The molecular weight excluding hydrogens is 354 g/mol. The van der Waals surface area contributed by atoms with Gasteiger partial charge in [-0.05, 0) is 44.7 Å². The second-order valence-electron chi connectivity index (χ2n) is 7.92. The van der Waals surface area contributed by atoms with E-state index in [0.717, 1.165) is 41.1 Å². The Labute approximate surface area is 165 Å². The first-order valence-electron chi connectivity index (χ1n) is 10.1. The number of nitrogens with one attached hydrogen (secondary N) is 1. The van der Waals surface area contributed by atoms with Crippen LogP contribution >= 0.6 is 0 Å². The molecule has 0 bridgehead atoms. The Hall–Kier alpha value is -2.63. The van der Waals surface area contributed by atoms with Crippen LogP contribution in [0.25, 0.3) is 0 Å². The van der Waals surface area contributed by atoms with E-state index in [1.165, 1.54) is 0 Å². The fourth-order valence-electron chi connectivity index (χ4n) is 5.01. The molecule has 2 aliphatic rings. The predicted molar refractivity (Wildman–Crippen MR) is 106 cm³/mol. The maximum atomic E-state index is 13.2. The Balaban J connectivity index is 1.59. The van der Waals surface area contributed by atoms with Crippen molar-refractivity contribution in [3.05, 3.63) is 46.8 Å². The second-order valence-corrected chi connectivity index (χ2v) is 7.92. The molecule has 1 aromatic carbocycles. The molecule has 2 amide bonds. The van der Waals surface area contributed by atoms with Gasteiger partial charge >= 0.3 is 0 Å². The van der Waals surface area contributed by atoms with E-state index in [4.69, 9.17) is 4.52 Å². The average Bonchev–Trinajstić information content (AvgIpc) is 3.31. The molecule has 1 saturated heterocycles. The zero-order chi connectivity index (χ0) is 19.9. The molecule has 4 rings (SSSR count). The molecular formula is C22H27N3O3. The first-order valence-corrected chi connectivity index (χ1v) is 10.1. The molecule has 28 heavy (non-hydrogen) atoms. The molecule has 0 aliphatic carbocycles. The van der Waals surface area contributed by atoms with Gasteiger partial charge in [0.25, 0.3) is 0 Å². The van der Waals surface area contributed by atoms with Crippen LogP contribution < -0.4 is 5.32 Å². The van der Waals surface area contributed by atoms with Crippen molar-refractivity contribution >= 4 is 17.5 Å². The fourth-order valence-corrected chi connectivity index (χ4v) is 5.01. The van der Waals surface area contributed by atoms with E-state index in [9.17, 15) is 9.59 Å². The Morgan fingerprint density at radius 2 is 2.14 bits per heavy atom. The molecule has 1 fully saturated rings. The van der Waals surface area contributed by atoms with Crippen molar-refractivity contribution in [2.24, 2.45) is 0 Å². The van der Waals surface area contributed by atoms with Crippen LogP contribution in [0.1, 0.15) is 55.2 Å². The topological polar surface area (TPSA) is 75.4 Å². The highest BCUT2D eigenvalue weighted by atomic mass is 16.5. The molecule has 1 spiro atoms. The minimum Gasteiger partial charge on any atom is -0.361 e. The summed E-state index contributed by atoms with van der Waals surface area (Å²) in [4.78, 5) is 28.2. The Bertz CT molecular complexity index is 900.